The zero-order valence-corrected chi connectivity index (χ0v) is 22.2. The number of aromatic nitrogens is 1. The van der Waals surface area contributed by atoms with E-state index < -0.39 is 34.3 Å². The quantitative estimate of drug-likeness (QED) is 0.180. The molecule has 1 unspecified atom stereocenters. The van der Waals surface area contributed by atoms with Gasteiger partial charge in [0.25, 0.3) is 0 Å². The third kappa shape index (κ3) is 6.85. The summed E-state index contributed by atoms with van der Waals surface area (Å²) in [7, 11) is -3.79. The SMILES string of the molecule is CC(NC(=O)CC(=O)Nc1ccc(C(=N)N)cc1)c1ccc(S(=O)(=O)N2CCOCC2)c(-c2cccnc2)c1. The number of nitrogens with zero attached hydrogens (tertiary/aromatic N) is 2. The van der Waals surface area contributed by atoms with Gasteiger partial charge in [-0.1, -0.05) is 12.1 Å². The van der Waals surface area contributed by atoms with Crippen molar-refractivity contribution in [3.63, 3.8) is 0 Å². The molecule has 0 saturated carbocycles. The maximum absolute atomic E-state index is 13.5. The van der Waals surface area contributed by atoms with E-state index >= 15 is 0 Å². The van der Waals surface area contributed by atoms with Crippen LogP contribution in [0, 0.1) is 5.41 Å². The van der Waals surface area contributed by atoms with Crippen molar-refractivity contribution in [2.45, 2.75) is 24.3 Å². The number of nitrogens with two attached hydrogens (primary N) is 1. The van der Waals surface area contributed by atoms with E-state index in [1.54, 1.807) is 73.9 Å². The number of amides is 2. The lowest BCUT2D eigenvalue weighted by molar-refractivity contribution is -0.127. The Bertz CT molecular complexity index is 1460. The summed E-state index contributed by atoms with van der Waals surface area (Å²) in [5, 5.41) is 12.9. The van der Waals surface area contributed by atoms with Crippen LogP contribution < -0.4 is 16.4 Å². The van der Waals surface area contributed by atoms with Gasteiger partial charge in [-0.25, -0.2) is 8.42 Å². The maximum Gasteiger partial charge on any atom is 0.243 e. The third-order valence-electron chi connectivity index (χ3n) is 6.24. The van der Waals surface area contributed by atoms with Crippen LogP contribution >= 0.6 is 0 Å². The van der Waals surface area contributed by atoms with Crippen LogP contribution in [-0.4, -0.2) is 61.7 Å². The van der Waals surface area contributed by atoms with Crippen molar-refractivity contribution in [2.24, 2.45) is 5.73 Å². The first-order valence-electron chi connectivity index (χ1n) is 12.3. The molecule has 1 fully saturated rings. The molecular weight excluding hydrogens is 520 g/mol. The zero-order chi connectivity index (χ0) is 28.0. The number of nitrogen functional groups attached to an aromatic ring is 1. The number of anilines is 1. The zero-order valence-electron chi connectivity index (χ0n) is 21.4. The molecule has 2 heterocycles. The number of morpholine rings is 1. The molecule has 0 aliphatic carbocycles. The fraction of sp³-hybridized carbons (Fsp3) is 0.259. The molecule has 0 bridgehead atoms. The fourth-order valence-corrected chi connectivity index (χ4v) is 5.78. The Kier molecular flexibility index (Phi) is 8.69. The Morgan fingerprint density at radius 2 is 1.82 bits per heavy atom. The van der Waals surface area contributed by atoms with E-state index in [0.717, 1.165) is 0 Å². The van der Waals surface area contributed by atoms with E-state index in [4.69, 9.17) is 15.9 Å². The van der Waals surface area contributed by atoms with Crippen LogP contribution in [-0.2, 0) is 24.3 Å². The molecule has 1 saturated heterocycles. The molecular formula is C27H30N6O5S. The van der Waals surface area contributed by atoms with Crippen molar-refractivity contribution in [1.29, 1.82) is 5.41 Å². The van der Waals surface area contributed by atoms with Crippen molar-refractivity contribution in [2.75, 3.05) is 31.6 Å². The number of carbonyl (C=O) groups is 2. The molecule has 0 spiro atoms. The van der Waals surface area contributed by atoms with Crippen molar-refractivity contribution in [3.05, 3.63) is 78.1 Å². The highest BCUT2D eigenvalue weighted by Gasteiger charge is 2.29. The van der Waals surface area contributed by atoms with Gasteiger partial charge in [0, 0.05) is 47.9 Å². The van der Waals surface area contributed by atoms with Gasteiger partial charge in [-0.05, 0) is 55.0 Å². The van der Waals surface area contributed by atoms with Crippen LogP contribution in [0.3, 0.4) is 0 Å². The number of carbonyl (C=O) groups excluding carboxylic acids is 2. The standard InChI is InChI=1S/C27H30N6O5S/c1-18(31-25(34)16-26(35)32-22-7-4-19(5-8-22)27(28)29)20-6-9-24(23(15-20)21-3-2-10-30-17-21)39(36,37)33-11-13-38-14-12-33/h2-10,15,17-18H,11-14,16H2,1H3,(H3,28,29)(H,31,34)(H,32,35). The van der Waals surface area contributed by atoms with E-state index in [0.29, 0.717) is 41.2 Å². The minimum atomic E-state index is -3.79. The number of hydrogen-bond donors (Lipinski definition) is 4. The molecule has 0 radical (unpaired) electrons. The van der Waals surface area contributed by atoms with Crippen LogP contribution in [0.5, 0.6) is 0 Å². The van der Waals surface area contributed by atoms with Crippen LogP contribution in [0.4, 0.5) is 5.69 Å². The molecule has 4 rings (SSSR count). The lowest BCUT2D eigenvalue weighted by Crippen LogP contribution is -2.40. The van der Waals surface area contributed by atoms with Crippen LogP contribution in [0.1, 0.15) is 30.5 Å². The van der Waals surface area contributed by atoms with Gasteiger partial charge < -0.3 is 21.1 Å². The Morgan fingerprint density at radius 3 is 2.46 bits per heavy atom. The number of ether oxygens (including phenoxy) is 1. The molecule has 39 heavy (non-hydrogen) atoms. The number of sulfonamides is 1. The molecule has 204 valence electrons. The summed E-state index contributed by atoms with van der Waals surface area (Å²) < 4.78 is 33.7. The molecule has 3 aromatic rings. The van der Waals surface area contributed by atoms with E-state index in [1.807, 2.05) is 0 Å². The van der Waals surface area contributed by atoms with Crippen molar-refractivity contribution in [1.82, 2.24) is 14.6 Å². The molecule has 1 aliphatic heterocycles. The third-order valence-corrected chi connectivity index (χ3v) is 8.20. The number of nitrogens with one attached hydrogen (secondary N) is 3. The van der Waals surface area contributed by atoms with Gasteiger partial charge in [-0.2, -0.15) is 4.31 Å². The van der Waals surface area contributed by atoms with Crippen molar-refractivity contribution in [3.8, 4) is 11.1 Å². The predicted octanol–water partition coefficient (Wildman–Crippen LogP) is 2.26. The average Bonchev–Trinajstić information content (AvgIpc) is 2.93. The van der Waals surface area contributed by atoms with E-state index in [1.165, 1.54) is 4.31 Å². The summed E-state index contributed by atoms with van der Waals surface area (Å²) in [5.41, 5.74) is 8.20. The van der Waals surface area contributed by atoms with Crippen molar-refractivity contribution >= 4 is 33.4 Å². The second-order valence-corrected chi connectivity index (χ2v) is 10.9. The number of benzene rings is 2. The predicted molar refractivity (Wildman–Crippen MR) is 147 cm³/mol. The minimum Gasteiger partial charge on any atom is -0.384 e. The normalized spacial score (nSPS) is 14.8. The molecule has 2 aromatic carbocycles. The Balaban J connectivity index is 1.49. The summed E-state index contributed by atoms with van der Waals surface area (Å²) >= 11 is 0. The Labute approximate surface area is 226 Å². The summed E-state index contributed by atoms with van der Waals surface area (Å²) in [6.07, 6.45) is 2.79. The first kappa shape index (κ1) is 27.9. The highest BCUT2D eigenvalue weighted by atomic mass is 32.2. The fourth-order valence-electron chi connectivity index (χ4n) is 4.18. The van der Waals surface area contributed by atoms with E-state index in [2.05, 4.69) is 15.6 Å². The van der Waals surface area contributed by atoms with Crippen LogP contribution in [0.15, 0.2) is 71.9 Å². The van der Waals surface area contributed by atoms with Crippen LogP contribution in [0.25, 0.3) is 11.1 Å². The summed E-state index contributed by atoms with van der Waals surface area (Å²) in [4.78, 5) is 29.3. The topological polar surface area (TPSA) is 168 Å². The number of rotatable bonds is 9. The van der Waals surface area contributed by atoms with Gasteiger partial charge in [0.05, 0.1) is 24.2 Å². The van der Waals surface area contributed by atoms with Gasteiger partial charge in [0.15, 0.2) is 0 Å². The summed E-state index contributed by atoms with van der Waals surface area (Å²) in [6, 6.07) is 14.3. The second-order valence-electron chi connectivity index (χ2n) is 9.02. The molecule has 1 aromatic heterocycles. The summed E-state index contributed by atoms with van der Waals surface area (Å²) in [6.45, 7) is 2.96. The highest BCUT2D eigenvalue weighted by molar-refractivity contribution is 7.89. The van der Waals surface area contributed by atoms with Crippen molar-refractivity contribution < 1.29 is 22.7 Å². The lowest BCUT2D eigenvalue weighted by Gasteiger charge is -2.27. The largest absolute Gasteiger partial charge is 0.384 e. The number of hydrogen-bond acceptors (Lipinski definition) is 7. The van der Waals surface area contributed by atoms with E-state index in [-0.39, 0.29) is 23.8 Å². The average molecular weight is 551 g/mol. The molecule has 5 N–H and O–H groups in total. The first-order chi connectivity index (χ1) is 18.6. The molecule has 1 aliphatic rings. The molecule has 1 atom stereocenters. The molecule has 2 amide bonds. The Morgan fingerprint density at radius 1 is 1.10 bits per heavy atom. The molecule has 12 heteroatoms. The van der Waals surface area contributed by atoms with Gasteiger partial charge in [-0.3, -0.25) is 20.0 Å². The Hall–Kier alpha value is -4.13. The van der Waals surface area contributed by atoms with Crippen LogP contribution in [0.2, 0.25) is 0 Å². The summed E-state index contributed by atoms with van der Waals surface area (Å²) in [5.74, 6) is -1.08. The highest BCUT2D eigenvalue weighted by Crippen LogP contribution is 2.32. The first-order valence-corrected chi connectivity index (χ1v) is 13.7. The van der Waals surface area contributed by atoms with Gasteiger partial charge in [0.2, 0.25) is 21.8 Å². The smallest absolute Gasteiger partial charge is 0.243 e. The van der Waals surface area contributed by atoms with E-state index in [9.17, 15) is 18.0 Å². The molecule has 11 nitrogen and oxygen atoms in total. The maximum atomic E-state index is 13.5. The number of pyridine rings is 1. The van der Waals surface area contributed by atoms with Gasteiger partial charge >= 0.3 is 0 Å². The minimum absolute atomic E-state index is 0.0837. The van der Waals surface area contributed by atoms with Gasteiger partial charge in [0.1, 0.15) is 12.3 Å². The van der Waals surface area contributed by atoms with Gasteiger partial charge in [-0.15, -0.1) is 0 Å². The monoisotopic (exact) mass is 550 g/mol. The number of amidine groups is 1. The lowest BCUT2D eigenvalue weighted by atomic mass is 10.0. The second kappa shape index (κ2) is 12.2.